The van der Waals surface area contributed by atoms with Gasteiger partial charge in [0.2, 0.25) is 15.9 Å². The highest BCUT2D eigenvalue weighted by Gasteiger charge is 2.22. The first kappa shape index (κ1) is 10.4. The number of carbonyl (C=O) groups excluding carboxylic acids is 1. The Morgan fingerprint density at radius 3 is 1.73 bits per heavy atom. The second kappa shape index (κ2) is 3.21. The van der Waals surface area contributed by atoms with E-state index in [4.69, 9.17) is 0 Å². The van der Waals surface area contributed by atoms with E-state index in [-0.39, 0.29) is 6.04 Å². The van der Waals surface area contributed by atoms with Gasteiger partial charge in [-0.2, -0.15) is 0 Å². The van der Waals surface area contributed by atoms with E-state index >= 15 is 0 Å². The van der Waals surface area contributed by atoms with Crippen molar-refractivity contribution in [3.05, 3.63) is 0 Å². The van der Waals surface area contributed by atoms with E-state index in [0.717, 1.165) is 10.6 Å². The number of amides is 1. The van der Waals surface area contributed by atoms with Crippen molar-refractivity contribution >= 4 is 15.9 Å². The second-order valence-electron chi connectivity index (χ2n) is 2.67. The summed E-state index contributed by atoms with van der Waals surface area (Å²) < 4.78 is 22.7. The number of carbonyl (C=O) groups is 1. The van der Waals surface area contributed by atoms with Crippen LogP contribution in [0.15, 0.2) is 0 Å². The lowest BCUT2D eigenvalue weighted by Gasteiger charge is -2.22. The fourth-order valence-electron chi connectivity index (χ4n) is 0.980. The summed E-state index contributed by atoms with van der Waals surface area (Å²) in [5.41, 5.74) is 0. The molecule has 0 fully saturated rings. The highest BCUT2D eigenvalue weighted by atomic mass is 32.2. The Morgan fingerprint density at radius 1 is 1.36 bits per heavy atom. The van der Waals surface area contributed by atoms with E-state index in [9.17, 15) is 13.2 Å². The van der Waals surface area contributed by atoms with Crippen molar-refractivity contribution in [3.8, 4) is 0 Å². The predicted molar refractivity (Wildman–Crippen MR) is 42.5 cm³/mol. The summed E-state index contributed by atoms with van der Waals surface area (Å²) >= 11 is 0. The Kier molecular flexibility index (Phi) is 3.04. The number of nitrogens with zero attached hydrogens (tertiary/aromatic N) is 1. The van der Waals surface area contributed by atoms with E-state index in [1.165, 1.54) is 6.92 Å². The molecule has 0 aromatic heterocycles. The summed E-state index contributed by atoms with van der Waals surface area (Å²) in [6.07, 6.45) is 1.02. The van der Waals surface area contributed by atoms with Crippen LogP contribution in [0.25, 0.3) is 0 Å². The van der Waals surface area contributed by atoms with E-state index in [1.807, 2.05) is 0 Å². The Labute approximate surface area is 67.2 Å². The van der Waals surface area contributed by atoms with Crippen LogP contribution in [0.5, 0.6) is 0 Å². The molecule has 0 heterocycles. The predicted octanol–water partition coefficient (Wildman–Crippen LogP) is 0.203. The Balaban J connectivity index is 4.79. The van der Waals surface area contributed by atoms with Crippen LogP contribution in [0.1, 0.15) is 20.8 Å². The van der Waals surface area contributed by atoms with Crippen LogP contribution >= 0.6 is 0 Å². The molecular formula is C6H13NO3S. The summed E-state index contributed by atoms with van der Waals surface area (Å²) in [7, 11) is -3.38. The quantitative estimate of drug-likeness (QED) is 0.608. The van der Waals surface area contributed by atoms with Crippen molar-refractivity contribution in [1.29, 1.82) is 0 Å². The van der Waals surface area contributed by atoms with Gasteiger partial charge in [-0.1, -0.05) is 0 Å². The number of sulfonamides is 1. The molecule has 0 aromatic carbocycles. The molecule has 1 amide bonds. The molecule has 0 aliphatic heterocycles. The van der Waals surface area contributed by atoms with Crippen LogP contribution in [0.2, 0.25) is 0 Å². The molecule has 11 heavy (non-hydrogen) atoms. The van der Waals surface area contributed by atoms with Crippen molar-refractivity contribution < 1.29 is 13.2 Å². The van der Waals surface area contributed by atoms with E-state index in [1.54, 1.807) is 13.8 Å². The third-order valence-electron chi connectivity index (χ3n) is 1.14. The van der Waals surface area contributed by atoms with Gasteiger partial charge in [0.05, 0.1) is 6.26 Å². The molecule has 0 saturated heterocycles. The highest BCUT2D eigenvalue weighted by Crippen LogP contribution is 2.04. The molecule has 0 atom stereocenters. The Bertz CT molecular complexity index is 243. The summed E-state index contributed by atoms with van der Waals surface area (Å²) in [5, 5.41) is 0. The van der Waals surface area contributed by atoms with Gasteiger partial charge in [-0.3, -0.25) is 4.79 Å². The number of hydrogen-bond donors (Lipinski definition) is 0. The molecule has 66 valence electrons. The lowest BCUT2D eigenvalue weighted by molar-refractivity contribution is -0.125. The average Bonchev–Trinajstić information content (AvgIpc) is 1.54. The molecule has 0 N–H and O–H groups in total. The fraction of sp³-hybridized carbons (Fsp3) is 0.833. The van der Waals surface area contributed by atoms with Crippen molar-refractivity contribution in [1.82, 2.24) is 4.31 Å². The minimum absolute atomic E-state index is 0.303. The smallest absolute Gasteiger partial charge is 0.234 e. The largest absolute Gasteiger partial charge is 0.274 e. The van der Waals surface area contributed by atoms with Crippen molar-refractivity contribution in [2.24, 2.45) is 0 Å². The van der Waals surface area contributed by atoms with Crippen molar-refractivity contribution in [2.45, 2.75) is 26.8 Å². The molecule has 0 aliphatic rings. The van der Waals surface area contributed by atoms with E-state index < -0.39 is 15.9 Å². The molecule has 0 bridgehead atoms. The second-order valence-corrected chi connectivity index (χ2v) is 4.53. The van der Waals surface area contributed by atoms with E-state index in [0.29, 0.717) is 0 Å². The molecule has 0 radical (unpaired) electrons. The van der Waals surface area contributed by atoms with Crippen molar-refractivity contribution in [3.63, 3.8) is 0 Å². The summed E-state index contributed by atoms with van der Waals surface area (Å²) in [6, 6.07) is -0.303. The topological polar surface area (TPSA) is 54.5 Å². The monoisotopic (exact) mass is 179 g/mol. The van der Waals surface area contributed by atoms with Gasteiger partial charge in [0.25, 0.3) is 0 Å². The lowest BCUT2D eigenvalue weighted by Crippen LogP contribution is -2.39. The SMILES string of the molecule is CC(=O)N(C(C)C)S(C)(=O)=O. The van der Waals surface area contributed by atoms with Gasteiger partial charge < -0.3 is 0 Å². The summed E-state index contributed by atoms with van der Waals surface area (Å²) in [4.78, 5) is 10.8. The van der Waals surface area contributed by atoms with Crippen LogP contribution in [-0.2, 0) is 14.8 Å². The third kappa shape index (κ3) is 2.88. The molecule has 0 saturated carbocycles. The van der Waals surface area contributed by atoms with Gasteiger partial charge >= 0.3 is 0 Å². The maximum atomic E-state index is 10.9. The Morgan fingerprint density at radius 2 is 1.73 bits per heavy atom. The molecule has 5 heteroatoms. The van der Waals surface area contributed by atoms with Crippen LogP contribution < -0.4 is 0 Å². The first-order chi connectivity index (χ1) is 4.76. The van der Waals surface area contributed by atoms with Crippen LogP contribution in [0.4, 0.5) is 0 Å². The zero-order chi connectivity index (χ0) is 9.23. The lowest BCUT2D eigenvalue weighted by atomic mass is 10.4. The molecule has 0 rings (SSSR count). The average molecular weight is 179 g/mol. The molecular weight excluding hydrogens is 166 g/mol. The fourth-order valence-corrected chi connectivity index (χ4v) is 2.21. The highest BCUT2D eigenvalue weighted by molar-refractivity contribution is 7.88. The third-order valence-corrected chi connectivity index (χ3v) is 2.53. The summed E-state index contributed by atoms with van der Waals surface area (Å²) in [5.74, 6) is -0.442. The van der Waals surface area contributed by atoms with Crippen LogP contribution in [0, 0.1) is 0 Å². The van der Waals surface area contributed by atoms with Gasteiger partial charge in [-0.05, 0) is 13.8 Å². The van der Waals surface area contributed by atoms with Crippen molar-refractivity contribution in [2.75, 3.05) is 6.26 Å². The molecule has 0 spiro atoms. The molecule has 0 unspecified atom stereocenters. The van der Waals surface area contributed by atoms with Crippen LogP contribution in [-0.4, -0.2) is 30.9 Å². The zero-order valence-corrected chi connectivity index (χ0v) is 7.97. The molecule has 0 aliphatic carbocycles. The molecule has 0 aromatic rings. The summed E-state index contributed by atoms with van der Waals surface area (Å²) in [6.45, 7) is 4.55. The number of rotatable bonds is 2. The first-order valence-corrected chi connectivity index (χ1v) is 5.11. The standard InChI is InChI=1S/C6H13NO3S/c1-5(2)7(6(3)8)11(4,9)10/h5H,1-4H3. The van der Waals surface area contributed by atoms with Gasteiger partial charge in [0.1, 0.15) is 0 Å². The number of hydrogen-bond acceptors (Lipinski definition) is 3. The maximum Gasteiger partial charge on any atom is 0.234 e. The van der Waals surface area contributed by atoms with Gasteiger partial charge in [0, 0.05) is 13.0 Å². The van der Waals surface area contributed by atoms with Gasteiger partial charge in [0.15, 0.2) is 0 Å². The first-order valence-electron chi connectivity index (χ1n) is 3.26. The van der Waals surface area contributed by atoms with Crippen LogP contribution in [0.3, 0.4) is 0 Å². The van der Waals surface area contributed by atoms with E-state index in [2.05, 4.69) is 0 Å². The van der Waals surface area contributed by atoms with Gasteiger partial charge in [-0.15, -0.1) is 0 Å². The Hall–Kier alpha value is -0.580. The zero-order valence-electron chi connectivity index (χ0n) is 7.16. The van der Waals surface area contributed by atoms with Gasteiger partial charge in [-0.25, -0.2) is 12.7 Å². The molecule has 4 nitrogen and oxygen atoms in total. The maximum absolute atomic E-state index is 10.9. The minimum Gasteiger partial charge on any atom is -0.274 e. The minimum atomic E-state index is -3.38. The normalized spacial score (nSPS) is 11.7.